The zero-order valence-electron chi connectivity index (χ0n) is 19.4. The van der Waals surface area contributed by atoms with Gasteiger partial charge in [-0.2, -0.15) is 0 Å². The average molecular weight is 546 g/mol. The van der Waals surface area contributed by atoms with Crippen LogP contribution in [0.15, 0.2) is 23.2 Å². The van der Waals surface area contributed by atoms with E-state index in [1.54, 1.807) is 14.2 Å². The van der Waals surface area contributed by atoms with Gasteiger partial charge in [0.1, 0.15) is 5.75 Å². The summed E-state index contributed by atoms with van der Waals surface area (Å²) in [4.78, 5) is 18.7. The lowest BCUT2D eigenvalue weighted by atomic mass is 10.00. The predicted molar refractivity (Wildman–Crippen MR) is 136 cm³/mol. The van der Waals surface area contributed by atoms with E-state index in [0.717, 1.165) is 42.8 Å². The molecule has 1 atom stereocenters. The van der Waals surface area contributed by atoms with Crippen LogP contribution < -0.4 is 15.4 Å². The van der Waals surface area contributed by atoms with Gasteiger partial charge in [-0.1, -0.05) is 19.1 Å². The van der Waals surface area contributed by atoms with Crippen LogP contribution in [0.3, 0.4) is 0 Å². The van der Waals surface area contributed by atoms with Crippen LogP contribution in [-0.4, -0.2) is 63.8 Å². The highest BCUT2D eigenvalue weighted by Crippen LogP contribution is 2.20. The first kappa shape index (κ1) is 27.5. The summed E-state index contributed by atoms with van der Waals surface area (Å²) in [5.74, 6) is 2.38. The van der Waals surface area contributed by atoms with Crippen molar-refractivity contribution >= 4 is 35.8 Å². The van der Waals surface area contributed by atoms with Crippen LogP contribution in [0.5, 0.6) is 5.75 Å². The molecule has 7 nitrogen and oxygen atoms in total. The van der Waals surface area contributed by atoms with Crippen molar-refractivity contribution in [2.75, 3.05) is 47.0 Å². The van der Waals surface area contributed by atoms with Crippen LogP contribution in [0, 0.1) is 12.8 Å². The second kappa shape index (κ2) is 15.3. The summed E-state index contributed by atoms with van der Waals surface area (Å²) in [6, 6.07) is 6.20. The highest BCUT2D eigenvalue weighted by atomic mass is 127. The molecule has 1 heterocycles. The minimum atomic E-state index is 0. The fourth-order valence-electron chi connectivity index (χ4n) is 3.59. The number of halogens is 1. The number of hydrogen-bond acceptors (Lipinski definition) is 4. The Bertz CT molecular complexity index is 699. The van der Waals surface area contributed by atoms with Gasteiger partial charge in [-0.15, -0.1) is 24.0 Å². The number of nitrogens with one attached hydrogen (secondary N) is 2. The molecule has 2 N–H and O–H groups in total. The van der Waals surface area contributed by atoms with E-state index in [0.29, 0.717) is 44.6 Å². The maximum atomic E-state index is 12.4. The van der Waals surface area contributed by atoms with Gasteiger partial charge in [0.2, 0.25) is 5.91 Å². The molecular formula is C23H39IN4O3. The van der Waals surface area contributed by atoms with Gasteiger partial charge in [0, 0.05) is 65.3 Å². The summed E-state index contributed by atoms with van der Waals surface area (Å²) in [6.07, 6.45) is 3.65. The summed E-state index contributed by atoms with van der Waals surface area (Å²) >= 11 is 0. The molecule has 1 aliphatic heterocycles. The van der Waals surface area contributed by atoms with Gasteiger partial charge < -0.3 is 25.0 Å². The van der Waals surface area contributed by atoms with Gasteiger partial charge in [-0.25, -0.2) is 0 Å². The van der Waals surface area contributed by atoms with Crippen LogP contribution in [0.4, 0.5) is 0 Å². The number of hydrogen-bond donors (Lipinski definition) is 2. The van der Waals surface area contributed by atoms with Crippen LogP contribution in [0.2, 0.25) is 0 Å². The highest BCUT2D eigenvalue weighted by molar-refractivity contribution is 14.0. The summed E-state index contributed by atoms with van der Waals surface area (Å²) in [7, 11) is 3.43. The molecule has 0 aromatic heterocycles. The lowest BCUT2D eigenvalue weighted by molar-refractivity contribution is -0.132. The summed E-state index contributed by atoms with van der Waals surface area (Å²) < 4.78 is 11.0. The number of amides is 1. The first-order valence-corrected chi connectivity index (χ1v) is 11.0. The number of piperidine rings is 1. The predicted octanol–water partition coefficient (Wildman–Crippen LogP) is 3.34. The standard InChI is InChI=1S/C23H38N4O3.HI/c1-18-8-9-20(21(15-18)30-14-6-13-29-4)16-26-23(24-3)25-11-10-22(28)27-12-5-7-19(2)17-27;/h8-9,15,19H,5-7,10-14,16-17H2,1-4H3,(H2,24,25,26);1H. The van der Waals surface area contributed by atoms with E-state index in [4.69, 9.17) is 9.47 Å². The number of benzene rings is 1. The molecule has 0 bridgehead atoms. The topological polar surface area (TPSA) is 75.2 Å². The number of aliphatic imine (C=N–C) groups is 1. The molecule has 1 saturated heterocycles. The Morgan fingerprint density at radius 3 is 2.81 bits per heavy atom. The largest absolute Gasteiger partial charge is 0.493 e. The lowest BCUT2D eigenvalue weighted by Crippen LogP contribution is -2.42. The molecule has 1 unspecified atom stereocenters. The maximum absolute atomic E-state index is 12.4. The van der Waals surface area contributed by atoms with E-state index in [2.05, 4.69) is 47.7 Å². The Balaban J connectivity index is 0.00000480. The van der Waals surface area contributed by atoms with E-state index in [-0.39, 0.29) is 29.9 Å². The first-order valence-electron chi connectivity index (χ1n) is 11.0. The smallest absolute Gasteiger partial charge is 0.224 e. The normalized spacial score (nSPS) is 16.5. The summed E-state index contributed by atoms with van der Waals surface area (Å²) in [5, 5.41) is 6.56. The minimum absolute atomic E-state index is 0. The van der Waals surface area contributed by atoms with Crippen molar-refractivity contribution in [3.8, 4) is 5.75 Å². The summed E-state index contributed by atoms with van der Waals surface area (Å²) in [5.41, 5.74) is 2.23. The van der Waals surface area contributed by atoms with Crippen LogP contribution in [0.1, 0.15) is 43.7 Å². The molecular weight excluding hydrogens is 507 g/mol. The van der Waals surface area contributed by atoms with Gasteiger partial charge in [0.25, 0.3) is 0 Å². The molecule has 2 rings (SSSR count). The Labute approximate surface area is 204 Å². The van der Waals surface area contributed by atoms with Crippen LogP contribution in [-0.2, 0) is 16.1 Å². The molecule has 1 aliphatic rings. The van der Waals surface area contributed by atoms with Crippen molar-refractivity contribution in [2.24, 2.45) is 10.9 Å². The van der Waals surface area contributed by atoms with Gasteiger partial charge in [-0.05, 0) is 37.3 Å². The molecule has 0 aliphatic carbocycles. The third kappa shape index (κ3) is 10.1. The van der Waals surface area contributed by atoms with E-state index in [1.165, 1.54) is 6.42 Å². The van der Waals surface area contributed by atoms with Crippen molar-refractivity contribution in [1.29, 1.82) is 0 Å². The fourth-order valence-corrected chi connectivity index (χ4v) is 3.59. The Morgan fingerprint density at radius 2 is 2.10 bits per heavy atom. The molecule has 1 aromatic rings. The quantitative estimate of drug-likeness (QED) is 0.204. The molecule has 176 valence electrons. The average Bonchev–Trinajstić information content (AvgIpc) is 2.74. The van der Waals surface area contributed by atoms with Gasteiger partial charge in [0.05, 0.1) is 6.61 Å². The molecule has 31 heavy (non-hydrogen) atoms. The van der Waals surface area contributed by atoms with Gasteiger partial charge in [0.15, 0.2) is 5.96 Å². The van der Waals surface area contributed by atoms with Gasteiger partial charge >= 0.3 is 0 Å². The Hall–Kier alpha value is -1.55. The number of carbonyl (C=O) groups excluding carboxylic acids is 1. The molecule has 1 aromatic carbocycles. The highest BCUT2D eigenvalue weighted by Gasteiger charge is 2.20. The maximum Gasteiger partial charge on any atom is 0.224 e. The van der Waals surface area contributed by atoms with Gasteiger partial charge in [-0.3, -0.25) is 9.79 Å². The first-order chi connectivity index (χ1) is 14.5. The lowest BCUT2D eigenvalue weighted by Gasteiger charge is -2.31. The Morgan fingerprint density at radius 1 is 1.29 bits per heavy atom. The molecule has 0 radical (unpaired) electrons. The molecule has 1 fully saturated rings. The van der Waals surface area contributed by atoms with E-state index >= 15 is 0 Å². The zero-order valence-corrected chi connectivity index (χ0v) is 21.7. The second-order valence-electron chi connectivity index (χ2n) is 8.00. The minimum Gasteiger partial charge on any atom is -0.493 e. The number of guanidine groups is 1. The van der Waals surface area contributed by atoms with Crippen molar-refractivity contribution in [2.45, 2.75) is 46.1 Å². The third-order valence-electron chi connectivity index (χ3n) is 5.28. The van der Waals surface area contributed by atoms with Crippen LogP contribution in [0.25, 0.3) is 0 Å². The number of likely N-dealkylation sites (tertiary alicyclic amines) is 1. The number of aryl methyl sites for hydroxylation is 1. The molecule has 0 saturated carbocycles. The SMILES string of the molecule is CN=C(NCCC(=O)N1CCCC(C)C1)NCc1ccc(C)cc1OCCCOC.I. The van der Waals surface area contributed by atoms with Crippen LogP contribution >= 0.6 is 24.0 Å². The summed E-state index contributed by atoms with van der Waals surface area (Å²) in [6.45, 7) is 8.50. The number of methoxy groups -OCH3 is 1. The zero-order chi connectivity index (χ0) is 21.8. The molecule has 0 spiro atoms. The number of ether oxygens (including phenoxy) is 2. The van der Waals surface area contributed by atoms with E-state index in [9.17, 15) is 4.79 Å². The second-order valence-corrected chi connectivity index (χ2v) is 8.00. The van der Waals surface area contributed by atoms with E-state index in [1.807, 2.05) is 4.90 Å². The van der Waals surface area contributed by atoms with Crippen molar-refractivity contribution in [3.63, 3.8) is 0 Å². The number of rotatable bonds is 10. The van der Waals surface area contributed by atoms with Crippen molar-refractivity contribution < 1.29 is 14.3 Å². The van der Waals surface area contributed by atoms with Crippen molar-refractivity contribution in [3.05, 3.63) is 29.3 Å². The third-order valence-corrected chi connectivity index (χ3v) is 5.28. The molecule has 1 amide bonds. The fraction of sp³-hybridized carbons (Fsp3) is 0.652. The number of carbonyl (C=O) groups is 1. The van der Waals surface area contributed by atoms with Crippen molar-refractivity contribution in [1.82, 2.24) is 15.5 Å². The van der Waals surface area contributed by atoms with E-state index < -0.39 is 0 Å². The number of nitrogens with zero attached hydrogens (tertiary/aromatic N) is 2. The molecule has 8 heteroatoms. The monoisotopic (exact) mass is 546 g/mol. The Kier molecular flexibility index (Phi) is 13.6.